The third-order valence-corrected chi connectivity index (χ3v) is 7.46. The van der Waals surface area contributed by atoms with E-state index in [1.807, 2.05) is 48.7 Å². The zero-order chi connectivity index (χ0) is 34.1. The van der Waals surface area contributed by atoms with Crippen LogP contribution in [0.5, 0.6) is 0 Å². The Hall–Kier alpha value is -5.06. The Labute approximate surface area is 273 Å². The highest BCUT2D eigenvalue weighted by Gasteiger charge is 2.29. The van der Waals surface area contributed by atoms with Crippen molar-refractivity contribution < 1.29 is 38.8 Å². The first-order valence-electron chi connectivity index (χ1n) is 15.4. The van der Waals surface area contributed by atoms with Gasteiger partial charge in [-0.15, -0.1) is 0 Å². The smallest absolute Gasteiger partial charge is 0.338 e. The van der Waals surface area contributed by atoms with Crippen molar-refractivity contribution in [2.75, 3.05) is 6.61 Å². The average Bonchev–Trinajstić information content (AvgIpc) is 3.39. The van der Waals surface area contributed by atoms with E-state index in [1.165, 1.54) is 18.2 Å². The van der Waals surface area contributed by atoms with Gasteiger partial charge in [-0.3, -0.25) is 9.59 Å². The number of aliphatic carboxylic acids is 1. The molecule has 246 valence electrons. The van der Waals surface area contributed by atoms with Crippen LogP contribution in [0, 0.1) is 5.82 Å². The highest BCUT2D eigenvalue weighted by Crippen LogP contribution is 2.42. The van der Waals surface area contributed by atoms with Crippen molar-refractivity contribution in [1.82, 2.24) is 9.88 Å². The number of rotatable bonds is 14. The summed E-state index contributed by atoms with van der Waals surface area (Å²) in [5.74, 6) is -2.48. The fourth-order valence-electron chi connectivity index (χ4n) is 5.46. The van der Waals surface area contributed by atoms with Crippen molar-refractivity contribution in [3.63, 3.8) is 0 Å². The number of carbonyl (C=O) groups excluding carboxylic acids is 2. The van der Waals surface area contributed by atoms with Crippen molar-refractivity contribution >= 4 is 23.9 Å². The third kappa shape index (κ3) is 8.81. The number of carbonyl (C=O) groups is 3. The summed E-state index contributed by atoms with van der Waals surface area (Å²) < 4.78 is 21.1. The van der Waals surface area contributed by atoms with Crippen molar-refractivity contribution in [3.05, 3.63) is 113 Å². The number of hydrogen-bond acceptors (Lipinski definition) is 6. The number of esters is 1. The number of ether oxygens (including phenoxy) is 1. The first kappa shape index (κ1) is 34.8. The molecule has 3 aromatic carbocycles. The van der Waals surface area contributed by atoms with Gasteiger partial charge >= 0.3 is 11.9 Å². The number of amides is 1. The van der Waals surface area contributed by atoms with Crippen LogP contribution in [0.15, 0.2) is 84.9 Å². The van der Waals surface area contributed by atoms with Crippen LogP contribution in [0.25, 0.3) is 28.3 Å². The average molecular weight is 643 g/mol. The van der Waals surface area contributed by atoms with Gasteiger partial charge in [0.15, 0.2) is 0 Å². The Bertz CT molecular complexity index is 1730. The van der Waals surface area contributed by atoms with E-state index in [4.69, 9.17) is 9.84 Å². The van der Waals surface area contributed by atoms with Crippen LogP contribution in [-0.2, 0) is 16.1 Å². The lowest BCUT2D eigenvalue weighted by Crippen LogP contribution is -2.27. The molecular formula is C37H39FN2O7. The summed E-state index contributed by atoms with van der Waals surface area (Å²) in [7, 11) is 0. The van der Waals surface area contributed by atoms with E-state index in [2.05, 4.69) is 5.32 Å². The summed E-state index contributed by atoms with van der Waals surface area (Å²) in [6.45, 7) is 5.89. The largest absolute Gasteiger partial charge is 0.481 e. The maximum atomic E-state index is 14.3. The van der Waals surface area contributed by atoms with Gasteiger partial charge in [0.1, 0.15) is 11.5 Å². The minimum atomic E-state index is -1.26. The standard InChI is InChI=1S/C37H39FN2O7/c1-4-47-37(46)27-12-8-9-24(19-27)22-39-36(45)35-34(25-10-6-5-7-11-25)33(26-13-15-28(38)16-14-26)31(40(35)23(2)3)18-17-29(41)20-30(42)21-32(43)44/h5-19,23,29-30,41-42H,4,20-22H2,1-3H3,(H,39,45)(H,43,44)/t29-,30-/m1/s1. The Morgan fingerprint density at radius 3 is 2.26 bits per heavy atom. The zero-order valence-corrected chi connectivity index (χ0v) is 26.5. The molecule has 0 saturated heterocycles. The molecule has 1 heterocycles. The summed E-state index contributed by atoms with van der Waals surface area (Å²) in [6.07, 6.45) is -0.0821. The number of halogens is 1. The van der Waals surface area contributed by atoms with Gasteiger partial charge in [-0.25, -0.2) is 9.18 Å². The van der Waals surface area contributed by atoms with E-state index >= 15 is 0 Å². The lowest BCUT2D eigenvalue weighted by Gasteiger charge is -2.17. The topological polar surface area (TPSA) is 138 Å². The molecule has 0 fully saturated rings. The first-order valence-corrected chi connectivity index (χ1v) is 15.4. The van der Waals surface area contributed by atoms with Gasteiger partial charge in [0.25, 0.3) is 5.91 Å². The molecule has 0 aliphatic carbocycles. The molecule has 0 unspecified atom stereocenters. The van der Waals surface area contributed by atoms with Crippen LogP contribution >= 0.6 is 0 Å². The number of carboxylic acid groups (broad SMARTS) is 1. The van der Waals surface area contributed by atoms with Crippen LogP contribution in [0.3, 0.4) is 0 Å². The molecule has 9 nitrogen and oxygen atoms in total. The molecule has 4 N–H and O–H groups in total. The van der Waals surface area contributed by atoms with Gasteiger partial charge in [-0.2, -0.15) is 0 Å². The lowest BCUT2D eigenvalue weighted by molar-refractivity contribution is -0.139. The molecule has 0 radical (unpaired) electrons. The molecule has 0 aliphatic heterocycles. The van der Waals surface area contributed by atoms with Crippen molar-refractivity contribution in [2.45, 2.75) is 58.4 Å². The van der Waals surface area contributed by atoms with Crippen LogP contribution < -0.4 is 5.32 Å². The number of aromatic nitrogens is 1. The normalized spacial score (nSPS) is 12.7. The number of nitrogens with one attached hydrogen (secondary N) is 1. The number of hydrogen-bond donors (Lipinski definition) is 4. The fraction of sp³-hybridized carbons (Fsp3) is 0.270. The van der Waals surface area contributed by atoms with Crippen molar-refractivity contribution in [1.29, 1.82) is 0 Å². The molecule has 4 aromatic rings. The summed E-state index contributed by atoms with van der Waals surface area (Å²) in [4.78, 5) is 37.6. The van der Waals surface area contributed by atoms with E-state index < -0.39 is 42.3 Å². The van der Waals surface area contributed by atoms with E-state index in [0.717, 1.165) is 5.56 Å². The molecule has 0 bridgehead atoms. The van der Waals surface area contributed by atoms with Crippen LogP contribution in [-0.4, -0.2) is 56.5 Å². The fourth-order valence-corrected chi connectivity index (χ4v) is 5.46. The molecule has 4 rings (SSSR count). The number of benzene rings is 3. The van der Waals surface area contributed by atoms with Crippen LogP contribution in [0.2, 0.25) is 0 Å². The van der Waals surface area contributed by atoms with E-state index in [0.29, 0.717) is 39.2 Å². The zero-order valence-electron chi connectivity index (χ0n) is 26.5. The molecule has 0 spiro atoms. The summed E-state index contributed by atoms with van der Waals surface area (Å²) in [5, 5.41) is 32.8. The predicted molar refractivity (Wildman–Crippen MR) is 177 cm³/mol. The van der Waals surface area contributed by atoms with Gasteiger partial charge in [0, 0.05) is 35.8 Å². The molecule has 47 heavy (non-hydrogen) atoms. The molecule has 2 atom stereocenters. The van der Waals surface area contributed by atoms with Gasteiger partial charge in [-0.05, 0) is 67.8 Å². The Morgan fingerprint density at radius 1 is 0.936 bits per heavy atom. The van der Waals surface area contributed by atoms with E-state index in [1.54, 1.807) is 49.4 Å². The second-order valence-electron chi connectivity index (χ2n) is 11.3. The molecule has 0 saturated carbocycles. The van der Waals surface area contributed by atoms with Crippen molar-refractivity contribution in [2.24, 2.45) is 0 Å². The minimum Gasteiger partial charge on any atom is -0.481 e. The highest BCUT2D eigenvalue weighted by molar-refractivity contribution is 6.06. The second-order valence-corrected chi connectivity index (χ2v) is 11.3. The number of aliphatic hydroxyl groups is 2. The first-order chi connectivity index (χ1) is 22.5. The van der Waals surface area contributed by atoms with Gasteiger partial charge < -0.3 is 29.9 Å². The maximum Gasteiger partial charge on any atom is 0.338 e. The molecule has 0 aliphatic rings. The molecule has 1 amide bonds. The van der Waals surface area contributed by atoms with Crippen LogP contribution in [0.1, 0.15) is 71.8 Å². The summed E-state index contributed by atoms with van der Waals surface area (Å²) in [6, 6.07) is 21.7. The Morgan fingerprint density at radius 2 is 1.62 bits per heavy atom. The van der Waals surface area contributed by atoms with Crippen LogP contribution in [0.4, 0.5) is 4.39 Å². The van der Waals surface area contributed by atoms with Gasteiger partial charge in [-0.1, -0.05) is 60.7 Å². The molecule has 10 heteroatoms. The lowest BCUT2D eigenvalue weighted by atomic mass is 9.94. The molecule has 1 aromatic heterocycles. The van der Waals surface area contributed by atoms with Crippen molar-refractivity contribution in [3.8, 4) is 22.3 Å². The maximum absolute atomic E-state index is 14.3. The minimum absolute atomic E-state index is 0.112. The predicted octanol–water partition coefficient (Wildman–Crippen LogP) is 6.25. The Balaban J connectivity index is 1.86. The molecular weight excluding hydrogens is 603 g/mol. The van der Waals surface area contributed by atoms with Gasteiger partial charge in [0.05, 0.1) is 30.8 Å². The monoisotopic (exact) mass is 642 g/mol. The summed E-state index contributed by atoms with van der Waals surface area (Å²) in [5.41, 5.74) is 4.49. The Kier molecular flexibility index (Phi) is 11.8. The highest BCUT2D eigenvalue weighted by atomic mass is 19.1. The quantitative estimate of drug-likeness (QED) is 0.119. The summed E-state index contributed by atoms with van der Waals surface area (Å²) >= 11 is 0. The third-order valence-electron chi connectivity index (χ3n) is 7.46. The van der Waals surface area contributed by atoms with Gasteiger partial charge in [0.2, 0.25) is 0 Å². The number of nitrogens with zero attached hydrogens (tertiary/aromatic N) is 1. The SMILES string of the molecule is CCOC(=O)c1cccc(CNC(=O)c2c(-c3ccccc3)c(-c3ccc(F)cc3)c(C=C[C@@H](O)C[C@@H](O)CC(=O)O)n2C(C)C)c1. The number of carboxylic acids is 1. The van der Waals surface area contributed by atoms with E-state index in [9.17, 15) is 29.0 Å². The number of aliphatic hydroxyl groups excluding tert-OH is 2. The second kappa shape index (κ2) is 16.0. The van der Waals surface area contributed by atoms with E-state index in [-0.39, 0.29) is 25.6 Å².